The standard InChI is InChI=1S/C9H8BrFN2O3/c1-16-13-9(15)8(14)12-7-5(10)3-2-4-6(7)11/h2-4H,1H3,(H,12,14)(H,13,15). The first kappa shape index (κ1) is 12.6. The maximum Gasteiger partial charge on any atom is 0.333 e. The number of hydroxylamine groups is 1. The largest absolute Gasteiger partial charge is 0.333 e. The van der Waals surface area contributed by atoms with Crippen LogP contribution in [0.15, 0.2) is 22.7 Å². The SMILES string of the molecule is CONC(=O)C(=O)Nc1c(F)cccc1Br. The normalized spacial score (nSPS) is 9.69. The van der Waals surface area contributed by atoms with E-state index in [0.717, 1.165) is 6.07 Å². The molecule has 0 aliphatic rings. The molecule has 5 nitrogen and oxygen atoms in total. The Morgan fingerprint density at radius 2 is 2.06 bits per heavy atom. The number of hydrogen-bond acceptors (Lipinski definition) is 3. The van der Waals surface area contributed by atoms with Gasteiger partial charge in [0.1, 0.15) is 5.82 Å². The first-order chi connectivity index (χ1) is 7.56. The molecule has 0 bridgehead atoms. The second kappa shape index (κ2) is 5.57. The molecule has 0 atom stereocenters. The van der Waals surface area contributed by atoms with E-state index in [9.17, 15) is 14.0 Å². The van der Waals surface area contributed by atoms with Crippen molar-refractivity contribution in [1.29, 1.82) is 0 Å². The molecule has 1 rings (SSSR count). The summed E-state index contributed by atoms with van der Waals surface area (Å²) in [7, 11) is 1.18. The van der Waals surface area contributed by atoms with Crippen molar-refractivity contribution in [3.05, 3.63) is 28.5 Å². The smallest absolute Gasteiger partial charge is 0.314 e. The maximum absolute atomic E-state index is 13.3. The second-order valence-corrected chi connectivity index (χ2v) is 3.54. The van der Waals surface area contributed by atoms with Crippen LogP contribution in [0, 0.1) is 5.82 Å². The minimum Gasteiger partial charge on any atom is -0.314 e. The van der Waals surface area contributed by atoms with Crippen LogP contribution in [0.5, 0.6) is 0 Å². The summed E-state index contributed by atoms with van der Waals surface area (Å²) < 4.78 is 13.6. The van der Waals surface area contributed by atoms with Crippen LogP contribution in [0.25, 0.3) is 0 Å². The summed E-state index contributed by atoms with van der Waals surface area (Å²) in [4.78, 5) is 26.5. The van der Waals surface area contributed by atoms with Gasteiger partial charge in [-0.1, -0.05) is 6.07 Å². The van der Waals surface area contributed by atoms with E-state index in [0.29, 0.717) is 4.47 Å². The van der Waals surface area contributed by atoms with Gasteiger partial charge in [0.25, 0.3) is 0 Å². The summed E-state index contributed by atoms with van der Waals surface area (Å²) in [5, 5.41) is 2.11. The minimum absolute atomic E-state index is 0.0984. The number of anilines is 1. The fourth-order valence-electron chi connectivity index (χ4n) is 0.927. The molecular formula is C9H8BrFN2O3. The van der Waals surface area contributed by atoms with Crippen molar-refractivity contribution in [2.45, 2.75) is 0 Å². The van der Waals surface area contributed by atoms with Gasteiger partial charge >= 0.3 is 11.8 Å². The summed E-state index contributed by atoms with van der Waals surface area (Å²) in [6.07, 6.45) is 0. The Kier molecular flexibility index (Phi) is 4.39. The Morgan fingerprint density at radius 3 is 2.62 bits per heavy atom. The highest BCUT2D eigenvalue weighted by Gasteiger charge is 2.16. The van der Waals surface area contributed by atoms with Gasteiger partial charge in [-0.2, -0.15) is 0 Å². The highest BCUT2D eigenvalue weighted by atomic mass is 79.9. The van der Waals surface area contributed by atoms with E-state index in [-0.39, 0.29) is 5.69 Å². The maximum atomic E-state index is 13.3. The highest BCUT2D eigenvalue weighted by molar-refractivity contribution is 9.10. The van der Waals surface area contributed by atoms with E-state index in [1.54, 1.807) is 0 Å². The predicted octanol–water partition coefficient (Wildman–Crippen LogP) is 1.20. The lowest BCUT2D eigenvalue weighted by Crippen LogP contribution is -2.34. The van der Waals surface area contributed by atoms with Gasteiger partial charge in [-0.25, -0.2) is 9.87 Å². The van der Waals surface area contributed by atoms with E-state index in [4.69, 9.17) is 0 Å². The zero-order chi connectivity index (χ0) is 12.1. The molecule has 0 fully saturated rings. The van der Waals surface area contributed by atoms with Crippen molar-refractivity contribution >= 4 is 33.4 Å². The molecule has 7 heteroatoms. The molecule has 2 amide bonds. The second-order valence-electron chi connectivity index (χ2n) is 2.69. The Morgan fingerprint density at radius 1 is 1.38 bits per heavy atom. The fourth-order valence-corrected chi connectivity index (χ4v) is 1.37. The molecule has 86 valence electrons. The molecular weight excluding hydrogens is 283 g/mol. The molecule has 0 radical (unpaired) electrons. The molecule has 0 spiro atoms. The van der Waals surface area contributed by atoms with Crippen molar-refractivity contribution in [3.8, 4) is 0 Å². The number of amides is 2. The van der Waals surface area contributed by atoms with Crippen molar-refractivity contribution in [1.82, 2.24) is 5.48 Å². The van der Waals surface area contributed by atoms with Gasteiger partial charge in [0.15, 0.2) is 0 Å². The van der Waals surface area contributed by atoms with E-state index < -0.39 is 17.6 Å². The molecule has 1 aromatic carbocycles. The third-order valence-electron chi connectivity index (χ3n) is 1.60. The number of carbonyl (C=O) groups is 2. The van der Waals surface area contributed by atoms with Crippen molar-refractivity contribution in [3.63, 3.8) is 0 Å². The van der Waals surface area contributed by atoms with E-state index in [1.165, 1.54) is 19.2 Å². The lowest BCUT2D eigenvalue weighted by molar-refractivity contribution is -0.142. The van der Waals surface area contributed by atoms with Gasteiger partial charge in [-0.15, -0.1) is 0 Å². The van der Waals surface area contributed by atoms with Gasteiger partial charge in [0, 0.05) is 4.47 Å². The van der Waals surface area contributed by atoms with Crippen LogP contribution in [-0.4, -0.2) is 18.9 Å². The molecule has 0 aliphatic carbocycles. The average Bonchev–Trinajstić information content (AvgIpc) is 2.23. The summed E-state index contributed by atoms with van der Waals surface area (Å²) in [5.41, 5.74) is 1.72. The van der Waals surface area contributed by atoms with Gasteiger partial charge in [0.2, 0.25) is 0 Å². The summed E-state index contributed by atoms with van der Waals surface area (Å²) >= 11 is 3.05. The molecule has 0 aromatic heterocycles. The van der Waals surface area contributed by atoms with Crippen LogP contribution in [0.2, 0.25) is 0 Å². The zero-order valence-corrected chi connectivity index (χ0v) is 9.80. The molecule has 1 aromatic rings. The number of carbonyl (C=O) groups excluding carboxylic acids is 2. The zero-order valence-electron chi connectivity index (χ0n) is 8.21. The predicted molar refractivity (Wildman–Crippen MR) is 57.9 cm³/mol. The lowest BCUT2D eigenvalue weighted by Gasteiger charge is -2.07. The van der Waals surface area contributed by atoms with E-state index in [2.05, 4.69) is 26.1 Å². The average molecular weight is 291 g/mol. The Balaban J connectivity index is 2.81. The lowest BCUT2D eigenvalue weighted by atomic mass is 10.3. The van der Waals surface area contributed by atoms with Crippen LogP contribution >= 0.6 is 15.9 Å². The molecule has 0 aliphatic heterocycles. The number of halogens is 2. The molecule has 2 N–H and O–H groups in total. The van der Waals surface area contributed by atoms with Gasteiger partial charge in [0.05, 0.1) is 12.8 Å². The van der Waals surface area contributed by atoms with Crippen molar-refractivity contribution in [2.75, 3.05) is 12.4 Å². The fraction of sp³-hybridized carbons (Fsp3) is 0.111. The van der Waals surface area contributed by atoms with Crippen LogP contribution < -0.4 is 10.8 Å². The highest BCUT2D eigenvalue weighted by Crippen LogP contribution is 2.24. The number of rotatable bonds is 2. The van der Waals surface area contributed by atoms with Crippen LogP contribution in [0.3, 0.4) is 0 Å². The van der Waals surface area contributed by atoms with Crippen LogP contribution in [-0.2, 0) is 14.4 Å². The summed E-state index contributed by atoms with van der Waals surface area (Å²) in [6.45, 7) is 0. The Bertz CT molecular complexity index is 405. The van der Waals surface area contributed by atoms with Gasteiger partial charge in [-0.3, -0.25) is 14.4 Å². The topological polar surface area (TPSA) is 67.4 Å². The first-order valence-corrected chi connectivity index (χ1v) is 4.94. The van der Waals surface area contributed by atoms with Crippen molar-refractivity contribution in [2.24, 2.45) is 0 Å². The summed E-state index contributed by atoms with van der Waals surface area (Å²) in [5.74, 6) is -2.68. The number of hydrogen-bond donors (Lipinski definition) is 2. The van der Waals surface area contributed by atoms with Crippen LogP contribution in [0.4, 0.5) is 10.1 Å². The van der Waals surface area contributed by atoms with Gasteiger partial charge < -0.3 is 5.32 Å². The molecule has 0 saturated heterocycles. The first-order valence-electron chi connectivity index (χ1n) is 4.14. The van der Waals surface area contributed by atoms with Crippen molar-refractivity contribution < 1.29 is 18.8 Å². The van der Waals surface area contributed by atoms with E-state index in [1.807, 2.05) is 5.48 Å². The molecule has 0 unspecified atom stereocenters. The van der Waals surface area contributed by atoms with Gasteiger partial charge in [-0.05, 0) is 28.1 Å². The Labute approximate surface area is 99.0 Å². The summed E-state index contributed by atoms with van der Waals surface area (Å²) in [6, 6.07) is 4.16. The number of nitrogens with one attached hydrogen (secondary N) is 2. The van der Waals surface area contributed by atoms with Crippen LogP contribution in [0.1, 0.15) is 0 Å². The minimum atomic E-state index is -1.02. The molecule has 0 heterocycles. The third kappa shape index (κ3) is 3.01. The third-order valence-corrected chi connectivity index (χ3v) is 2.26. The Hall–Kier alpha value is -1.47. The van der Waals surface area contributed by atoms with E-state index >= 15 is 0 Å². The monoisotopic (exact) mass is 290 g/mol. The quantitative estimate of drug-likeness (QED) is 0.635. The number of benzene rings is 1. The molecule has 0 saturated carbocycles. The molecule has 16 heavy (non-hydrogen) atoms. The number of para-hydroxylation sites is 1.